The summed E-state index contributed by atoms with van der Waals surface area (Å²) < 4.78 is 10.9. The molecule has 0 radical (unpaired) electrons. The SMILES string of the molecule is COc1ccc([C@](C#N)(CCC(=O)N(C(=O)NC2CCCCC2)C2CCCCC2)C(C)C)cc1OC. The zero-order chi connectivity index (χ0) is 26.1. The van der Waals surface area contributed by atoms with Gasteiger partial charge in [-0.1, -0.05) is 58.4 Å². The molecule has 1 aromatic rings. The Kier molecular flexibility index (Phi) is 10.0. The molecule has 2 aliphatic carbocycles. The Morgan fingerprint density at radius 1 is 1.03 bits per heavy atom. The third kappa shape index (κ3) is 6.32. The molecule has 0 heterocycles. The molecule has 0 saturated heterocycles. The van der Waals surface area contributed by atoms with E-state index in [-0.39, 0.29) is 36.4 Å². The Morgan fingerprint density at radius 3 is 2.19 bits per heavy atom. The molecule has 0 bridgehead atoms. The van der Waals surface area contributed by atoms with E-state index in [1.54, 1.807) is 20.3 Å². The number of nitrogens with one attached hydrogen (secondary N) is 1. The summed E-state index contributed by atoms with van der Waals surface area (Å²) in [7, 11) is 3.15. The van der Waals surface area contributed by atoms with Crippen LogP contribution in [-0.4, -0.2) is 43.1 Å². The van der Waals surface area contributed by atoms with Crippen molar-refractivity contribution < 1.29 is 19.1 Å². The number of carbonyl (C=O) groups excluding carboxylic acids is 2. The molecule has 2 fully saturated rings. The van der Waals surface area contributed by atoms with Crippen LogP contribution in [0.5, 0.6) is 11.5 Å². The number of methoxy groups -OCH3 is 2. The first-order valence-electron chi connectivity index (χ1n) is 13.6. The van der Waals surface area contributed by atoms with Crippen molar-refractivity contribution >= 4 is 11.9 Å². The summed E-state index contributed by atoms with van der Waals surface area (Å²) in [6.07, 6.45) is 10.8. The minimum Gasteiger partial charge on any atom is -0.493 e. The van der Waals surface area contributed by atoms with Crippen molar-refractivity contribution in [1.82, 2.24) is 10.2 Å². The van der Waals surface area contributed by atoms with Crippen molar-refractivity contribution in [1.29, 1.82) is 5.26 Å². The Labute approximate surface area is 216 Å². The van der Waals surface area contributed by atoms with Gasteiger partial charge in [0, 0.05) is 18.5 Å². The van der Waals surface area contributed by atoms with Crippen molar-refractivity contribution in [2.75, 3.05) is 14.2 Å². The maximum absolute atomic E-state index is 13.7. The van der Waals surface area contributed by atoms with Crippen molar-refractivity contribution in [3.63, 3.8) is 0 Å². The summed E-state index contributed by atoms with van der Waals surface area (Å²) in [5.74, 6) is 0.914. The molecular formula is C29H43N3O4. The molecule has 36 heavy (non-hydrogen) atoms. The van der Waals surface area contributed by atoms with E-state index in [4.69, 9.17) is 9.47 Å². The molecule has 2 aliphatic rings. The monoisotopic (exact) mass is 497 g/mol. The van der Waals surface area contributed by atoms with Gasteiger partial charge in [0.15, 0.2) is 11.5 Å². The molecule has 0 aliphatic heterocycles. The van der Waals surface area contributed by atoms with E-state index in [9.17, 15) is 14.9 Å². The van der Waals surface area contributed by atoms with E-state index in [2.05, 4.69) is 11.4 Å². The quantitative estimate of drug-likeness (QED) is 0.445. The third-order valence-corrected chi connectivity index (χ3v) is 8.18. The van der Waals surface area contributed by atoms with Crippen molar-refractivity contribution in [2.24, 2.45) is 5.92 Å². The number of hydrogen-bond donors (Lipinski definition) is 1. The number of imide groups is 1. The van der Waals surface area contributed by atoms with Gasteiger partial charge in [-0.15, -0.1) is 0 Å². The summed E-state index contributed by atoms with van der Waals surface area (Å²) >= 11 is 0. The number of rotatable bonds is 9. The molecule has 1 aromatic carbocycles. The van der Waals surface area contributed by atoms with Crippen LogP contribution in [0.4, 0.5) is 4.79 Å². The van der Waals surface area contributed by atoms with Gasteiger partial charge in [-0.2, -0.15) is 5.26 Å². The number of ether oxygens (including phenoxy) is 2. The molecule has 2 saturated carbocycles. The summed E-state index contributed by atoms with van der Waals surface area (Å²) in [4.78, 5) is 28.6. The zero-order valence-electron chi connectivity index (χ0n) is 22.5. The molecule has 198 valence electrons. The largest absolute Gasteiger partial charge is 0.493 e. The van der Waals surface area contributed by atoms with Gasteiger partial charge in [-0.3, -0.25) is 9.69 Å². The average Bonchev–Trinajstić information content (AvgIpc) is 2.90. The van der Waals surface area contributed by atoms with Gasteiger partial charge in [0.05, 0.1) is 25.7 Å². The first kappa shape index (κ1) is 27.8. The number of hydrogen-bond acceptors (Lipinski definition) is 5. The molecule has 1 atom stereocenters. The van der Waals surface area contributed by atoms with Crippen molar-refractivity contribution in [2.45, 2.75) is 108 Å². The number of carbonyl (C=O) groups is 2. The minimum atomic E-state index is -0.896. The highest BCUT2D eigenvalue weighted by Gasteiger charge is 2.39. The first-order chi connectivity index (χ1) is 17.4. The lowest BCUT2D eigenvalue weighted by atomic mass is 9.69. The minimum absolute atomic E-state index is 0.0485. The molecular weight excluding hydrogens is 454 g/mol. The average molecular weight is 498 g/mol. The van der Waals surface area contributed by atoms with Gasteiger partial charge in [-0.05, 0) is 55.7 Å². The van der Waals surface area contributed by atoms with Crippen LogP contribution in [0, 0.1) is 17.2 Å². The van der Waals surface area contributed by atoms with E-state index in [0.29, 0.717) is 17.9 Å². The second kappa shape index (κ2) is 13.0. The molecule has 7 heteroatoms. The van der Waals surface area contributed by atoms with Crippen LogP contribution in [-0.2, 0) is 10.2 Å². The first-order valence-corrected chi connectivity index (χ1v) is 13.6. The maximum Gasteiger partial charge on any atom is 0.324 e. The lowest BCUT2D eigenvalue weighted by molar-refractivity contribution is -0.131. The van der Waals surface area contributed by atoms with Gasteiger partial charge in [0.25, 0.3) is 0 Å². The smallest absolute Gasteiger partial charge is 0.324 e. The van der Waals surface area contributed by atoms with Crippen LogP contribution >= 0.6 is 0 Å². The Bertz CT molecular complexity index is 929. The normalized spacial score (nSPS) is 18.7. The van der Waals surface area contributed by atoms with Crippen LogP contribution in [0.1, 0.15) is 96.5 Å². The van der Waals surface area contributed by atoms with Crippen LogP contribution in [0.3, 0.4) is 0 Å². The third-order valence-electron chi connectivity index (χ3n) is 8.18. The maximum atomic E-state index is 13.7. The predicted octanol–water partition coefficient (Wildman–Crippen LogP) is 6.10. The van der Waals surface area contributed by atoms with Gasteiger partial charge < -0.3 is 14.8 Å². The van der Waals surface area contributed by atoms with Gasteiger partial charge in [0.1, 0.15) is 0 Å². The highest BCUT2D eigenvalue weighted by molar-refractivity contribution is 5.95. The van der Waals surface area contributed by atoms with Crippen LogP contribution in [0.2, 0.25) is 0 Å². The second-order valence-corrected chi connectivity index (χ2v) is 10.6. The molecule has 0 unspecified atom stereocenters. The zero-order valence-corrected chi connectivity index (χ0v) is 22.5. The number of nitrogens with zero attached hydrogens (tertiary/aromatic N) is 2. The molecule has 0 spiro atoms. The standard InChI is InChI=1S/C29H43N3O4/c1-21(2)29(20-30,22-15-16-25(35-3)26(19-22)36-4)18-17-27(33)32(24-13-9-6-10-14-24)28(34)31-23-11-7-5-8-12-23/h15-16,19,21,23-24H,5-14,17-18H2,1-4H3,(H,31,34)/t29-/m0/s1. The Morgan fingerprint density at radius 2 is 1.64 bits per heavy atom. The highest BCUT2D eigenvalue weighted by Crippen LogP contribution is 2.41. The van der Waals surface area contributed by atoms with Crippen LogP contribution in [0.25, 0.3) is 0 Å². The molecule has 3 amide bonds. The van der Waals surface area contributed by atoms with Gasteiger partial charge >= 0.3 is 6.03 Å². The van der Waals surface area contributed by atoms with E-state index in [0.717, 1.165) is 63.4 Å². The summed E-state index contributed by atoms with van der Waals surface area (Å²) in [5.41, 5.74) is -0.103. The lowest BCUT2D eigenvalue weighted by Crippen LogP contribution is -2.53. The van der Waals surface area contributed by atoms with E-state index < -0.39 is 5.41 Å². The van der Waals surface area contributed by atoms with Crippen molar-refractivity contribution in [3.05, 3.63) is 23.8 Å². The molecule has 3 rings (SSSR count). The van der Waals surface area contributed by atoms with E-state index >= 15 is 0 Å². The fraction of sp³-hybridized carbons (Fsp3) is 0.690. The second-order valence-electron chi connectivity index (χ2n) is 10.6. The molecule has 1 N–H and O–H groups in total. The van der Waals surface area contributed by atoms with Crippen molar-refractivity contribution in [3.8, 4) is 17.6 Å². The van der Waals surface area contributed by atoms with Crippen LogP contribution in [0.15, 0.2) is 18.2 Å². The summed E-state index contributed by atoms with van der Waals surface area (Å²) in [5, 5.41) is 13.6. The molecule has 0 aromatic heterocycles. The van der Waals surface area contributed by atoms with Gasteiger partial charge in [-0.25, -0.2) is 4.79 Å². The highest BCUT2D eigenvalue weighted by atomic mass is 16.5. The fourth-order valence-electron chi connectivity index (χ4n) is 5.87. The van der Waals surface area contributed by atoms with Crippen LogP contribution < -0.4 is 14.8 Å². The molecule has 7 nitrogen and oxygen atoms in total. The van der Waals surface area contributed by atoms with E-state index in [1.165, 1.54) is 11.3 Å². The predicted molar refractivity (Wildman–Crippen MR) is 140 cm³/mol. The lowest BCUT2D eigenvalue weighted by Gasteiger charge is -2.36. The Hall–Kier alpha value is -2.75. The number of nitriles is 1. The van der Waals surface area contributed by atoms with E-state index in [1.807, 2.05) is 26.0 Å². The topological polar surface area (TPSA) is 91.7 Å². The number of urea groups is 1. The number of benzene rings is 1. The fourth-order valence-corrected chi connectivity index (χ4v) is 5.87. The summed E-state index contributed by atoms with van der Waals surface area (Å²) in [6, 6.07) is 7.86. The number of amides is 3. The van der Waals surface area contributed by atoms with Gasteiger partial charge in [0.2, 0.25) is 5.91 Å². The summed E-state index contributed by atoms with van der Waals surface area (Å²) in [6.45, 7) is 4.00. The Balaban J connectivity index is 1.82.